The molecule has 3 rings (SSSR count). The third-order valence-corrected chi connectivity index (χ3v) is 7.49. The summed E-state index contributed by atoms with van der Waals surface area (Å²) in [6.07, 6.45) is 4.39. The molecule has 2 aliphatic rings. The number of aryl methyl sites for hydroxylation is 1. The molecule has 0 N–H and O–H groups in total. The lowest BCUT2D eigenvalue weighted by molar-refractivity contribution is -0.360. The van der Waals surface area contributed by atoms with Gasteiger partial charge in [0.15, 0.2) is 0 Å². The maximum Gasteiger partial charge on any atom is 0.499 e. The van der Waals surface area contributed by atoms with Crippen molar-refractivity contribution in [1.82, 2.24) is 0 Å². The highest BCUT2D eigenvalue weighted by Gasteiger charge is 2.61. The van der Waals surface area contributed by atoms with Crippen LogP contribution in [0, 0.1) is 23.7 Å². The molecule has 2 saturated carbocycles. The molecule has 31 heavy (non-hydrogen) atoms. The number of alkyl halides is 5. The van der Waals surface area contributed by atoms with Gasteiger partial charge in [-0.15, -0.1) is 0 Å². The maximum absolute atomic E-state index is 13.0. The lowest BCUT2D eigenvalue weighted by Crippen LogP contribution is -2.41. The second kappa shape index (κ2) is 10.5. The number of hydrogen-bond donors (Lipinski definition) is 0. The second-order valence-corrected chi connectivity index (χ2v) is 9.65. The third kappa shape index (κ3) is 6.82. The van der Waals surface area contributed by atoms with Gasteiger partial charge in [0.1, 0.15) is 5.75 Å². The van der Waals surface area contributed by atoms with E-state index in [0.29, 0.717) is 5.92 Å². The van der Waals surface area contributed by atoms with Gasteiger partial charge in [-0.1, -0.05) is 57.6 Å². The number of halogens is 5. The fourth-order valence-corrected chi connectivity index (χ4v) is 5.61. The van der Waals surface area contributed by atoms with Crippen LogP contribution in [0.1, 0.15) is 83.1 Å². The van der Waals surface area contributed by atoms with Crippen LogP contribution in [-0.4, -0.2) is 12.3 Å². The molecule has 0 bridgehead atoms. The van der Waals surface area contributed by atoms with E-state index in [1.807, 2.05) is 0 Å². The van der Waals surface area contributed by atoms with Gasteiger partial charge in [-0.2, -0.15) is 22.0 Å². The fourth-order valence-electron chi connectivity index (χ4n) is 5.61. The molecule has 176 valence electrons. The van der Waals surface area contributed by atoms with Gasteiger partial charge in [0.25, 0.3) is 0 Å². The number of hydrogen-bond acceptors (Lipinski definition) is 1. The van der Waals surface area contributed by atoms with Crippen LogP contribution in [0.3, 0.4) is 0 Å². The van der Waals surface area contributed by atoms with Crippen LogP contribution >= 0.6 is 0 Å². The van der Waals surface area contributed by atoms with Gasteiger partial charge in [0, 0.05) is 0 Å². The van der Waals surface area contributed by atoms with Crippen molar-refractivity contribution in [3.63, 3.8) is 0 Å². The van der Waals surface area contributed by atoms with Crippen molar-refractivity contribution in [3.05, 3.63) is 29.8 Å². The normalized spacial score (nSPS) is 27.8. The fraction of sp³-hybridized carbons (Fsp3) is 0.760. The van der Waals surface area contributed by atoms with E-state index in [-0.39, 0.29) is 0 Å². The zero-order chi connectivity index (χ0) is 22.5. The van der Waals surface area contributed by atoms with E-state index in [1.165, 1.54) is 76.3 Å². The summed E-state index contributed by atoms with van der Waals surface area (Å²) in [7, 11) is 0. The van der Waals surface area contributed by atoms with E-state index in [9.17, 15) is 22.0 Å². The molecule has 0 aromatic heterocycles. The van der Waals surface area contributed by atoms with E-state index < -0.39 is 18.0 Å². The van der Waals surface area contributed by atoms with E-state index in [0.717, 1.165) is 36.2 Å². The Morgan fingerprint density at radius 3 is 1.68 bits per heavy atom. The smallest absolute Gasteiger partial charge is 0.426 e. The molecule has 0 radical (unpaired) electrons. The Balaban J connectivity index is 1.38. The van der Waals surface area contributed by atoms with Gasteiger partial charge in [-0.25, -0.2) is 0 Å². The van der Waals surface area contributed by atoms with Crippen molar-refractivity contribution in [3.8, 4) is 5.75 Å². The molecule has 0 aliphatic heterocycles. The third-order valence-electron chi connectivity index (χ3n) is 7.49. The molecule has 1 nitrogen and oxygen atoms in total. The first-order chi connectivity index (χ1) is 14.7. The topological polar surface area (TPSA) is 9.23 Å². The molecular formula is C25H35F5O. The summed E-state index contributed by atoms with van der Waals surface area (Å²) in [5.41, 5.74) is 0.944. The molecule has 0 heterocycles. The van der Waals surface area contributed by atoms with Crippen LogP contribution in [0.2, 0.25) is 0 Å². The van der Waals surface area contributed by atoms with E-state index in [4.69, 9.17) is 0 Å². The zero-order valence-corrected chi connectivity index (χ0v) is 18.4. The minimum Gasteiger partial charge on any atom is -0.426 e. The highest BCUT2D eigenvalue weighted by Crippen LogP contribution is 2.43. The van der Waals surface area contributed by atoms with Gasteiger partial charge in [-0.3, -0.25) is 0 Å². The second-order valence-electron chi connectivity index (χ2n) is 9.65. The van der Waals surface area contributed by atoms with Gasteiger partial charge in [0.05, 0.1) is 0 Å². The van der Waals surface area contributed by atoms with Gasteiger partial charge in [-0.05, 0) is 79.9 Å². The Bertz CT molecular complexity index is 653. The van der Waals surface area contributed by atoms with Crippen molar-refractivity contribution in [2.24, 2.45) is 23.7 Å². The van der Waals surface area contributed by atoms with E-state index >= 15 is 0 Å². The maximum atomic E-state index is 13.0. The first kappa shape index (κ1) is 24.3. The average molecular weight is 447 g/mol. The van der Waals surface area contributed by atoms with E-state index in [1.54, 1.807) is 12.1 Å². The van der Waals surface area contributed by atoms with Crippen LogP contribution in [-0.2, 0) is 6.42 Å². The van der Waals surface area contributed by atoms with Crippen molar-refractivity contribution >= 4 is 0 Å². The molecule has 1 aromatic carbocycles. The minimum atomic E-state index is -5.72. The van der Waals surface area contributed by atoms with Crippen LogP contribution in [0.4, 0.5) is 22.0 Å². The van der Waals surface area contributed by atoms with Crippen molar-refractivity contribution in [1.29, 1.82) is 0 Å². The highest BCUT2D eigenvalue weighted by molar-refractivity contribution is 5.27. The molecule has 0 saturated heterocycles. The first-order valence-corrected chi connectivity index (χ1v) is 11.9. The Labute approximate surface area is 182 Å². The molecule has 6 heteroatoms. The van der Waals surface area contributed by atoms with Crippen LogP contribution in [0.25, 0.3) is 0 Å². The zero-order valence-electron chi connectivity index (χ0n) is 18.4. The molecule has 0 spiro atoms. The SMILES string of the molecule is CCCC1CCC(C2CCC(CCc3ccc(OC(F)(F)C(F)(F)F)cc3)CC2)CC1. The Morgan fingerprint density at radius 1 is 0.742 bits per heavy atom. The van der Waals surface area contributed by atoms with Crippen molar-refractivity contribution in [2.45, 2.75) is 96.3 Å². The van der Waals surface area contributed by atoms with Gasteiger partial charge < -0.3 is 4.74 Å². The number of benzene rings is 1. The standard InChI is InChI=1S/C25H35F5O/c1-2-3-18-6-12-21(13-7-18)22-14-8-19(9-15-22)4-5-20-10-16-23(17-11-20)31-25(29,30)24(26,27)28/h10-11,16-19,21-22H,2-9,12-15H2,1H3. The Hall–Kier alpha value is -1.33. The summed E-state index contributed by atoms with van der Waals surface area (Å²) in [5.74, 6) is 2.95. The average Bonchev–Trinajstić information content (AvgIpc) is 2.73. The van der Waals surface area contributed by atoms with Gasteiger partial charge >= 0.3 is 12.3 Å². The van der Waals surface area contributed by atoms with Gasteiger partial charge in [0.2, 0.25) is 0 Å². The highest BCUT2D eigenvalue weighted by atomic mass is 19.4. The van der Waals surface area contributed by atoms with Crippen LogP contribution in [0.15, 0.2) is 24.3 Å². The molecule has 0 atom stereocenters. The molecule has 2 fully saturated rings. The summed E-state index contributed by atoms with van der Waals surface area (Å²) >= 11 is 0. The largest absolute Gasteiger partial charge is 0.499 e. The minimum absolute atomic E-state index is 0.472. The van der Waals surface area contributed by atoms with Crippen LogP contribution in [0.5, 0.6) is 5.75 Å². The molecule has 1 aromatic rings. The summed E-state index contributed by atoms with van der Waals surface area (Å²) < 4.78 is 66.5. The quantitative estimate of drug-likeness (QED) is 0.363. The Morgan fingerprint density at radius 2 is 1.23 bits per heavy atom. The van der Waals surface area contributed by atoms with Crippen molar-refractivity contribution < 1.29 is 26.7 Å². The predicted molar refractivity (Wildman–Crippen MR) is 112 cm³/mol. The molecule has 0 amide bonds. The number of rotatable bonds is 8. The molecular weight excluding hydrogens is 411 g/mol. The summed E-state index contributed by atoms with van der Waals surface area (Å²) in [4.78, 5) is 0. The first-order valence-electron chi connectivity index (χ1n) is 11.9. The van der Waals surface area contributed by atoms with Crippen LogP contribution < -0.4 is 4.74 Å². The monoisotopic (exact) mass is 446 g/mol. The van der Waals surface area contributed by atoms with E-state index in [2.05, 4.69) is 11.7 Å². The summed E-state index contributed by atoms with van der Waals surface area (Å²) in [5, 5.41) is 0. The number of ether oxygens (including phenoxy) is 1. The molecule has 0 unspecified atom stereocenters. The lowest BCUT2D eigenvalue weighted by Gasteiger charge is -2.38. The Kier molecular flexibility index (Phi) is 8.25. The summed E-state index contributed by atoms with van der Waals surface area (Å²) in [6.45, 7) is 2.28. The lowest BCUT2D eigenvalue weighted by atomic mass is 9.68. The predicted octanol–water partition coefficient (Wildman–Crippen LogP) is 8.57. The summed E-state index contributed by atoms with van der Waals surface area (Å²) in [6, 6.07) is 5.56. The van der Waals surface area contributed by atoms with Crippen molar-refractivity contribution in [2.75, 3.05) is 0 Å². The molecule has 2 aliphatic carbocycles.